The average molecular weight is 256 g/mol. The summed E-state index contributed by atoms with van der Waals surface area (Å²) in [6, 6.07) is 11.7. The van der Waals surface area contributed by atoms with Crippen molar-refractivity contribution in [1.29, 1.82) is 0 Å². The number of carboxylic acids is 1. The molecule has 4 nitrogen and oxygen atoms in total. The molecule has 98 valence electrons. The molecular formula is C15H16N2O2. The van der Waals surface area contributed by atoms with Crippen molar-refractivity contribution in [3.05, 3.63) is 59.4 Å². The van der Waals surface area contributed by atoms with Crippen LogP contribution in [0.1, 0.15) is 21.6 Å². The summed E-state index contributed by atoms with van der Waals surface area (Å²) >= 11 is 0. The molecule has 0 aliphatic carbocycles. The lowest BCUT2D eigenvalue weighted by Gasteiger charge is -2.20. The van der Waals surface area contributed by atoms with E-state index in [1.807, 2.05) is 43.1 Å². The Labute approximate surface area is 112 Å². The SMILES string of the molecule is Cc1ccc(CN(C)c2cccnc2C(=O)O)cc1. The molecule has 0 amide bonds. The lowest BCUT2D eigenvalue weighted by Crippen LogP contribution is -2.20. The third-order valence-electron chi connectivity index (χ3n) is 2.94. The first-order valence-corrected chi connectivity index (χ1v) is 6.03. The largest absolute Gasteiger partial charge is 0.476 e. The van der Waals surface area contributed by atoms with Crippen LogP contribution in [0.15, 0.2) is 42.6 Å². The van der Waals surface area contributed by atoms with Gasteiger partial charge in [-0.15, -0.1) is 0 Å². The molecule has 2 rings (SSSR count). The average Bonchev–Trinajstić information content (AvgIpc) is 2.41. The third-order valence-corrected chi connectivity index (χ3v) is 2.94. The molecule has 0 radical (unpaired) electrons. The second-order valence-corrected chi connectivity index (χ2v) is 4.52. The fourth-order valence-corrected chi connectivity index (χ4v) is 1.92. The number of aryl methyl sites for hydroxylation is 1. The van der Waals surface area contributed by atoms with Gasteiger partial charge in [0, 0.05) is 19.8 Å². The Morgan fingerprint density at radius 1 is 1.26 bits per heavy atom. The van der Waals surface area contributed by atoms with E-state index in [4.69, 9.17) is 5.11 Å². The van der Waals surface area contributed by atoms with Gasteiger partial charge in [-0.1, -0.05) is 29.8 Å². The molecule has 0 saturated heterocycles. The van der Waals surface area contributed by atoms with Gasteiger partial charge in [0.05, 0.1) is 5.69 Å². The number of aromatic nitrogens is 1. The number of anilines is 1. The van der Waals surface area contributed by atoms with Gasteiger partial charge in [-0.2, -0.15) is 0 Å². The number of carboxylic acid groups (broad SMARTS) is 1. The van der Waals surface area contributed by atoms with Gasteiger partial charge in [-0.25, -0.2) is 9.78 Å². The van der Waals surface area contributed by atoms with Gasteiger partial charge >= 0.3 is 5.97 Å². The van der Waals surface area contributed by atoms with Crippen molar-refractivity contribution in [2.75, 3.05) is 11.9 Å². The second-order valence-electron chi connectivity index (χ2n) is 4.52. The Balaban J connectivity index is 2.22. The second kappa shape index (κ2) is 5.52. The molecule has 0 bridgehead atoms. The minimum Gasteiger partial charge on any atom is -0.476 e. The number of hydrogen-bond donors (Lipinski definition) is 1. The van der Waals surface area contributed by atoms with Crippen LogP contribution in [0.5, 0.6) is 0 Å². The summed E-state index contributed by atoms with van der Waals surface area (Å²) in [6.45, 7) is 2.68. The number of hydrogen-bond acceptors (Lipinski definition) is 3. The number of carbonyl (C=O) groups is 1. The number of benzene rings is 1. The molecule has 0 unspecified atom stereocenters. The van der Waals surface area contributed by atoms with Gasteiger partial charge in [0.1, 0.15) is 0 Å². The Morgan fingerprint density at radius 3 is 2.58 bits per heavy atom. The van der Waals surface area contributed by atoms with E-state index in [2.05, 4.69) is 4.98 Å². The normalized spacial score (nSPS) is 10.2. The lowest BCUT2D eigenvalue weighted by molar-refractivity contribution is 0.0691. The summed E-state index contributed by atoms with van der Waals surface area (Å²) in [5.74, 6) is -1.01. The summed E-state index contributed by atoms with van der Waals surface area (Å²) in [5.41, 5.74) is 3.04. The van der Waals surface area contributed by atoms with E-state index in [1.54, 1.807) is 12.1 Å². The zero-order chi connectivity index (χ0) is 13.8. The molecular weight excluding hydrogens is 240 g/mol. The van der Waals surface area contributed by atoms with Crippen molar-refractivity contribution >= 4 is 11.7 Å². The summed E-state index contributed by atoms with van der Waals surface area (Å²) in [6.07, 6.45) is 1.49. The summed E-state index contributed by atoms with van der Waals surface area (Å²) in [7, 11) is 1.86. The fourth-order valence-electron chi connectivity index (χ4n) is 1.92. The first kappa shape index (κ1) is 13.1. The molecule has 0 saturated carbocycles. The maximum atomic E-state index is 11.1. The zero-order valence-electron chi connectivity index (χ0n) is 11.0. The van der Waals surface area contributed by atoms with Crippen LogP contribution in [0, 0.1) is 6.92 Å². The van der Waals surface area contributed by atoms with Crippen LogP contribution in [0.2, 0.25) is 0 Å². The van der Waals surface area contributed by atoms with Gasteiger partial charge < -0.3 is 10.0 Å². The quantitative estimate of drug-likeness (QED) is 0.913. The Hall–Kier alpha value is -2.36. The molecule has 1 N–H and O–H groups in total. The van der Waals surface area contributed by atoms with Crippen molar-refractivity contribution in [3.8, 4) is 0 Å². The zero-order valence-corrected chi connectivity index (χ0v) is 11.0. The number of pyridine rings is 1. The van der Waals surface area contributed by atoms with E-state index >= 15 is 0 Å². The van der Waals surface area contributed by atoms with Crippen molar-refractivity contribution in [1.82, 2.24) is 4.98 Å². The highest BCUT2D eigenvalue weighted by Crippen LogP contribution is 2.19. The topological polar surface area (TPSA) is 53.4 Å². The Kier molecular flexibility index (Phi) is 3.80. The number of rotatable bonds is 4. The van der Waals surface area contributed by atoms with Crippen LogP contribution in [0.3, 0.4) is 0 Å². The maximum Gasteiger partial charge on any atom is 0.356 e. The van der Waals surface area contributed by atoms with E-state index in [1.165, 1.54) is 11.8 Å². The lowest BCUT2D eigenvalue weighted by atomic mass is 10.1. The summed E-state index contributed by atoms with van der Waals surface area (Å²) in [4.78, 5) is 16.9. The Morgan fingerprint density at radius 2 is 1.95 bits per heavy atom. The predicted octanol–water partition coefficient (Wildman–Crippen LogP) is 2.72. The molecule has 1 heterocycles. The minimum absolute atomic E-state index is 0.0807. The molecule has 1 aromatic heterocycles. The minimum atomic E-state index is -1.01. The van der Waals surface area contributed by atoms with Crippen LogP contribution < -0.4 is 4.90 Å². The first-order chi connectivity index (χ1) is 9.08. The van der Waals surface area contributed by atoms with Gasteiger partial charge in [-0.05, 0) is 24.6 Å². The first-order valence-electron chi connectivity index (χ1n) is 6.03. The van der Waals surface area contributed by atoms with E-state index in [-0.39, 0.29) is 5.69 Å². The van der Waals surface area contributed by atoms with Crippen LogP contribution in [0.4, 0.5) is 5.69 Å². The number of aromatic carboxylic acids is 1. The van der Waals surface area contributed by atoms with Crippen molar-refractivity contribution in [3.63, 3.8) is 0 Å². The standard InChI is InChI=1S/C15H16N2O2/c1-11-5-7-12(8-6-11)10-17(2)13-4-3-9-16-14(13)15(18)19/h3-9H,10H2,1-2H3,(H,18,19). The maximum absolute atomic E-state index is 11.1. The van der Waals surface area contributed by atoms with Gasteiger partial charge in [0.2, 0.25) is 0 Å². The third kappa shape index (κ3) is 3.10. The molecule has 1 aromatic carbocycles. The fraction of sp³-hybridized carbons (Fsp3) is 0.200. The Bertz CT molecular complexity index is 579. The molecule has 4 heteroatoms. The highest BCUT2D eigenvalue weighted by atomic mass is 16.4. The monoisotopic (exact) mass is 256 g/mol. The van der Waals surface area contributed by atoms with E-state index in [0.29, 0.717) is 12.2 Å². The molecule has 0 atom stereocenters. The van der Waals surface area contributed by atoms with Crippen LogP contribution in [-0.4, -0.2) is 23.1 Å². The molecule has 0 fully saturated rings. The van der Waals surface area contributed by atoms with Crippen molar-refractivity contribution < 1.29 is 9.90 Å². The van der Waals surface area contributed by atoms with Crippen LogP contribution in [-0.2, 0) is 6.54 Å². The van der Waals surface area contributed by atoms with E-state index < -0.39 is 5.97 Å². The van der Waals surface area contributed by atoms with Gasteiger partial charge in [0.15, 0.2) is 5.69 Å². The molecule has 0 aliphatic heterocycles. The predicted molar refractivity (Wildman–Crippen MR) is 74.5 cm³/mol. The number of nitrogens with zero attached hydrogens (tertiary/aromatic N) is 2. The van der Waals surface area contributed by atoms with Gasteiger partial charge in [-0.3, -0.25) is 0 Å². The smallest absolute Gasteiger partial charge is 0.356 e. The molecule has 2 aromatic rings. The molecule has 0 aliphatic rings. The summed E-state index contributed by atoms with van der Waals surface area (Å²) < 4.78 is 0. The van der Waals surface area contributed by atoms with Crippen LogP contribution >= 0.6 is 0 Å². The molecule has 0 spiro atoms. The van der Waals surface area contributed by atoms with Crippen molar-refractivity contribution in [2.45, 2.75) is 13.5 Å². The van der Waals surface area contributed by atoms with E-state index in [9.17, 15) is 4.79 Å². The van der Waals surface area contributed by atoms with Gasteiger partial charge in [0.25, 0.3) is 0 Å². The highest BCUT2D eigenvalue weighted by molar-refractivity contribution is 5.92. The van der Waals surface area contributed by atoms with Crippen molar-refractivity contribution in [2.24, 2.45) is 0 Å². The summed E-state index contributed by atoms with van der Waals surface area (Å²) in [5, 5.41) is 9.13. The highest BCUT2D eigenvalue weighted by Gasteiger charge is 2.14. The van der Waals surface area contributed by atoms with Crippen LogP contribution in [0.25, 0.3) is 0 Å². The molecule has 19 heavy (non-hydrogen) atoms. The van der Waals surface area contributed by atoms with E-state index in [0.717, 1.165) is 5.56 Å².